The lowest BCUT2D eigenvalue weighted by Crippen LogP contribution is -2.56. The van der Waals surface area contributed by atoms with Crippen LogP contribution in [0.15, 0.2) is 0 Å². The summed E-state index contributed by atoms with van der Waals surface area (Å²) in [5.41, 5.74) is 5.75. The zero-order chi connectivity index (χ0) is 14.8. The van der Waals surface area contributed by atoms with Crippen molar-refractivity contribution in [2.24, 2.45) is 23.0 Å². The fraction of sp³-hybridized carbons (Fsp3) is 0.941. The summed E-state index contributed by atoms with van der Waals surface area (Å²) >= 11 is 0. The van der Waals surface area contributed by atoms with Crippen LogP contribution in [0.2, 0.25) is 0 Å². The minimum atomic E-state index is -0.223. The monoisotopic (exact) mass is 280 g/mol. The van der Waals surface area contributed by atoms with Crippen molar-refractivity contribution in [1.29, 1.82) is 0 Å². The Hall–Kier alpha value is -0.570. The van der Waals surface area contributed by atoms with E-state index in [0.29, 0.717) is 30.3 Å². The third-order valence-electron chi connectivity index (χ3n) is 5.30. The molecule has 2 saturated carbocycles. The first-order valence-electron chi connectivity index (χ1n) is 8.49. The fourth-order valence-electron chi connectivity index (χ4n) is 4.07. The van der Waals surface area contributed by atoms with Crippen LogP contribution in [0.4, 0.5) is 0 Å². The molecule has 0 atom stereocenters. The van der Waals surface area contributed by atoms with E-state index in [1.54, 1.807) is 0 Å². The quantitative estimate of drug-likeness (QED) is 0.812. The molecular formula is C17H32N2O. The molecule has 0 aromatic rings. The first-order valence-corrected chi connectivity index (χ1v) is 8.49. The lowest BCUT2D eigenvalue weighted by atomic mass is 9.61. The minimum Gasteiger partial charge on any atom is -0.339 e. The van der Waals surface area contributed by atoms with Gasteiger partial charge < -0.3 is 10.6 Å². The highest BCUT2D eigenvalue weighted by Crippen LogP contribution is 2.46. The number of carbonyl (C=O) groups excluding carboxylic acids is 1. The summed E-state index contributed by atoms with van der Waals surface area (Å²) in [6.07, 6.45) is 8.04. The molecule has 0 aliphatic heterocycles. The van der Waals surface area contributed by atoms with Crippen molar-refractivity contribution in [2.75, 3.05) is 13.1 Å². The summed E-state index contributed by atoms with van der Waals surface area (Å²) in [5, 5.41) is 0. The van der Waals surface area contributed by atoms with Crippen LogP contribution in [-0.2, 0) is 4.79 Å². The Morgan fingerprint density at radius 1 is 1.30 bits per heavy atom. The van der Waals surface area contributed by atoms with Gasteiger partial charge in [0.15, 0.2) is 0 Å². The topological polar surface area (TPSA) is 46.3 Å². The van der Waals surface area contributed by atoms with E-state index in [1.807, 2.05) is 0 Å². The van der Waals surface area contributed by atoms with Crippen LogP contribution in [-0.4, -0.2) is 29.9 Å². The zero-order valence-electron chi connectivity index (χ0n) is 13.5. The Kier molecular flexibility index (Phi) is 5.11. The zero-order valence-corrected chi connectivity index (χ0v) is 13.5. The summed E-state index contributed by atoms with van der Waals surface area (Å²) < 4.78 is 0. The first-order chi connectivity index (χ1) is 9.48. The molecule has 0 heterocycles. The number of nitrogens with two attached hydrogens (primary N) is 1. The molecule has 116 valence electrons. The van der Waals surface area contributed by atoms with Crippen molar-refractivity contribution in [3.63, 3.8) is 0 Å². The van der Waals surface area contributed by atoms with Gasteiger partial charge in [-0.1, -0.05) is 33.6 Å². The van der Waals surface area contributed by atoms with Gasteiger partial charge in [-0.2, -0.15) is 0 Å². The maximum atomic E-state index is 13.1. The molecule has 0 spiro atoms. The second kappa shape index (κ2) is 6.46. The van der Waals surface area contributed by atoms with Crippen LogP contribution in [0, 0.1) is 17.3 Å². The van der Waals surface area contributed by atoms with Gasteiger partial charge in [-0.25, -0.2) is 0 Å². The molecular weight excluding hydrogens is 248 g/mol. The van der Waals surface area contributed by atoms with E-state index in [4.69, 9.17) is 5.73 Å². The molecule has 0 unspecified atom stereocenters. The molecule has 2 N–H and O–H groups in total. The van der Waals surface area contributed by atoms with Crippen LogP contribution >= 0.6 is 0 Å². The van der Waals surface area contributed by atoms with Gasteiger partial charge in [-0.15, -0.1) is 0 Å². The second-order valence-corrected chi connectivity index (χ2v) is 7.62. The Morgan fingerprint density at radius 3 is 2.35 bits per heavy atom. The first kappa shape index (κ1) is 15.8. The van der Waals surface area contributed by atoms with Gasteiger partial charge in [-0.05, 0) is 43.9 Å². The predicted octanol–water partition coefficient (Wildman–Crippen LogP) is 3.18. The van der Waals surface area contributed by atoms with E-state index in [2.05, 4.69) is 25.7 Å². The highest BCUT2D eigenvalue weighted by Gasteiger charge is 2.49. The number of nitrogens with zero attached hydrogens (tertiary/aromatic N) is 1. The van der Waals surface area contributed by atoms with Crippen LogP contribution in [0.3, 0.4) is 0 Å². The standard InChI is InChI=1S/C17H32N2O/c1-13(2)8-9-19(15-6-4-5-7-15)16(20)17(12-18)10-14(3)11-17/h13-15H,4-12,18H2,1-3H3. The van der Waals surface area contributed by atoms with Crippen LogP contribution in [0.5, 0.6) is 0 Å². The maximum absolute atomic E-state index is 13.1. The molecule has 2 aliphatic rings. The van der Waals surface area contributed by atoms with Crippen molar-refractivity contribution >= 4 is 5.91 Å². The predicted molar refractivity (Wildman–Crippen MR) is 83.3 cm³/mol. The fourth-order valence-corrected chi connectivity index (χ4v) is 4.07. The minimum absolute atomic E-state index is 0.223. The Bertz CT molecular complexity index is 328. The summed E-state index contributed by atoms with van der Waals surface area (Å²) in [6.45, 7) is 8.16. The molecule has 0 bridgehead atoms. The van der Waals surface area contributed by atoms with Crippen LogP contribution in [0.25, 0.3) is 0 Å². The molecule has 3 heteroatoms. The Labute approximate surface area is 124 Å². The van der Waals surface area contributed by atoms with Gasteiger partial charge in [0.05, 0.1) is 5.41 Å². The molecule has 3 nitrogen and oxygen atoms in total. The smallest absolute Gasteiger partial charge is 0.230 e. The lowest BCUT2D eigenvalue weighted by Gasteiger charge is -2.48. The summed E-state index contributed by atoms with van der Waals surface area (Å²) in [5.74, 6) is 1.68. The Morgan fingerprint density at radius 2 is 1.90 bits per heavy atom. The number of carbonyl (C=O) groups is 1. The number of hydrogen-bond donors (Lipinski definition) is 1. The van der Waals surface area contributed by atoms with E-state index in [1.165, 1.54) is 25.7 Å². The SMILES string of the molecule is CC(C)CCN(C(=O)C1(CN)CC(C)C1)C1CCCC1. The molecule has 0 aromatic heterocycles. The maximum Gasteiger partial charge on any atom is 0.230 e. The number of hydrogen-bond acceptors (Lipinski definition) is 2. The number of rotatable bonds is 6. The largest absolute Gasteiger partial charge is 0.339 e. The average Bonchev–Trinajstić information content (AvgIpc) is 2.88. The van der Waals surface area contributed by atoms with E-state index in [0.717, 1.165) is 25.8 Å². The van der Waals surface area contributed by atoms with E-state index >= 15 is 0 Å². The molecule has 0 radical (unpaired) electrons. The van der Waals surface area contributed by atoms with Crippen molar-refractivity contribution < 1.29 is 4.79 Å². The third kappa shape index (κ3) is 3.19. The van der Waals surface area contributed by atoms with Crippen LogP contribution in [0.1, 0.15) is 65.7 Å². The normalized spacial score (nSPS) is 30.6. The van der Waals surface area contributed by atoms with E-state index in [9.17, 15) is 4.79 Å². The van der Waals surface area contributed by atoms with Crippen molar-refractivity contribution in [3.8, 4) is 0 Å². The van der Waals surface area contributed by atoms with Crippen molar-refractivity contribution in [2.45, 2.75) is 71.8 Å². The summed E-state index contributed by atoms with van der Waals surface area (Å²) in [7, 11) is 0. The Balaban J connectivity index is 2.06. The van der Waals surface area contributed by atoms with Gasteiger partial charge in [-0.3, -0.25) is 4.79 Å². The number of amides is 1. The highest BCUT2D eigenvalue weighted by molar-refractivity contribution is 5.84. The highest BCUT2D eigenvalue weighted by atomic mass is 16.2. The van der Waals surface area contributed by atoms with Crippen LogP contribution < -0.4 is 5.73 Å². The van der Waals surface area contributed by atoms with Crippen molar-refractivity contribution in [3.05, 3.63) is 0 Å². The van der Waals surface area contributed by atoms with Gasteiger partial charge in [0, 0.05) is 19.1 Å². The van der Waals surface area contributed by atoms with E-state index in [-0.39, 0.29) is 5.41 Å². The molecule has 0 saturated heterocycles. The summed E-state index contributed by atoms with van der Waals surface area (Å²) in [6, 6.07) is 0.487. The molecule has 1 amide bonds. The van der Waals surface area contributed by atoms with Crippen molar-refractivity contribution in [1.82, 2.24) is 4.90 Å². The molecule has 0 aromatic carbocycles. The summed E-state index contributed by atoms with van der Waals surface area (Å²) in [4.78, 5) is 15.3. The molecule has 2 rings (SSSR count). The van der Waals surface area contributed by atoms with Gasteiger partial charge in [0.25, 0.3) is 0 Å². The second-order valence-electron chi connectivity index (χ2n) is 7.62. The average molecular weight is 280 g/mol. The van der Waals surface area contributed by atoms with Gasteiger partial charge in [0.2, 0.25) is 5.91 Å². The lowest BCUT2D eigenvalue weighted by molar-refractivity contribution is -0.152. The molecule has 2 fully saturated rings. The van der Waals surface area contributed by atoms with Gasteiger partial charge >= 0.3 is 0 Å². The molecule has 20 heavy (non-hydrogen) atoms. The third-order valence-corrected chi connectivity index (χ3v) is 5.30. The van der Waals surface area contributed by atoms with Gasteiger partial charge in [0.1, 0.15) is 0 Å². The molecule has 2 aliphatic carbocycles. The van der Waals surface area contributed by atoms with E-state index < -0.39 is 0 Å².